The minimum absolute atomic E-state index is 0. The molecule has 4 atom stereocenters. The fourth-order valence-electron chi connectivity index (χ4n) is 3.95. The summed E-state index contributed by atoms with van der Waals surface area (Å²) in [6, 6.07) is 0.721. The van der Waals surface area contributed by atoms with E-state index in [4.69, 9.17) is 5.73 Å². The lowest BCUT2D eigenvalue weighted by atomic mass is 9.82. The molecule has 1 aliphatic carbocycles. The Morgan fingerprint density at radius 2 is 2.00 bits per heavy atom. The van der Waals surface area contributed by atoms with Crippen molar-refractivity contribution in [2.24, 2.45) is 17.6 Å². The van der Waals surface area contributed by atoms with E-state index in [-0.39, 0.29) is 24.4 Å². The first-order valence-electron chi connectivity index (χ1n) is 8.19. The number of amides is 1. The number of piperidine rings is 1. The van der Waals surface area contributed by atoms with Crippen molar-refractivity contribution in [2.45, 2.75) is 77.3 Å². The Morgan fingerprint density at radius 1 is 1.25 bits per heavy atom. The molecular weight excluding hydrogens is 272 g/mol. The molecule has 0 aromatic heterocycles. The van der Waals surface area contributed by atoms with Crippen molar-refractivity contribution in [3.63, 3.8) is 0 Å². The summed E-state index contributed by atoms with van der Waals surface area (Å²) in [5.74, 6) is 1.27. The summed E-state index contributed by atoms with van der Waals surface area (Å²) in [5.41, 5.74) is 6.04. The predicted octanol–water partition coefficient (Wildman–Crippen LogP) is 3.35. The second-order valence-electron chi connectivity index (χ2n) is 6.63. The number of likely N-dealkylation sites (tertiary alicyclic amines) is 1. The molecule has 1 saturated carbocycles. The van der Waals surface area contributed by atoms with Crippen LogP contribution in [0.25, 0.3) is 0 Å². The highest BCUT2D eigenvalue weighted by Gasteiger charge is 2.35. The molecule has 0 spiro atoms. The number of nitrogens with zero attached hydrogens (tertiary/aromatic N) is 1. The number of hydrogen-bond acceptors (Lipinski definition) is 2. The fourth-order valence-corrected chi connectivity index (χ4v) is 3.95. The van der Waals surface area contributed by atoms with Gasteiger partial charge in [0.25, 0.3) is 0 Å². The van der Waals surface area contributed by atoms with Gasteiger partial charge in [-0.1, -0.05) is 26.7 Å². The highest BCUT2D eigenvalue weighted by atomic mass is 35.5. The van der Waals surface area contributed by atoms with Gasteiger partial charge in [0.05, 0.1) is 0 Å². The van der Waals surface area contributed by atoms with E-state index in [1.54, 1.807) is 0 Å². The molecule has 1 amide bonds. The zero-order valence-corrected chi connectivity index (χ0v) is 13.8. The number of rotatable bonds is 3. The molecule has 0 radical (unpaired) electrons. The Kier molecular flexibility index (Phi) is 7.32. The first kappa shape index (κ1) is 17.8. The van der Waals surface area contributed by atoms with Crippen LogP contribution in [0.1, 0.15) is 65.2 Å². The molecule has 2 rings (SSSR count). The maximum atomic E-state index is 12.8. The zero-order valence-electron chi connectivity index (χ0n) is 13.0. The van der Waals surface area contributed by atoms with Crippen molar-refractivity contribution in [1.29, 1.82) is 0 Å². The van der Waals surface area contributed by atoms with Gasteiger partial charge in [-0.2, -0.15) is 0 Å². The summed E-state index contributed by atoms with van der Waals surface area (Å²) in [6.45, 7) is 5.51. The summed E-state index contributed by atoms with van der Waals surface area (Å²) in [4.78, 5) is 15.0. The first-order valence-corrected chi connectivity index (χ1v) is 8.19. The van der Waals surface area contributed by atoms with Crippen molar-refractivity contribution in [3.05, 3.63) is 0 Å². The Labute approximate surface area is 130 Å². The van der Waals surface area contributed by atoms with Crippen molar-refractivity contribution >= 4 is 18.3 Å². The van der Waals surface area contributed by atoms with Gasteiger partial charge < -0.3 is 10.6 Å². The number of hydrogen-bond donors (Lipinski definition) is 1. The minimum atomic E-state index is 0. The number of halogens is 1. The Morgan fingerprint density at radius 3 is 2.65 bits per heavy atom. The van der Waals surface area contributed by atoms with E-state index < -0.39 is 0 Å². The van der Waals surface area contributed by atoms with E-state index in [1.807, 2.05) is 0 Å². The van der Waals surface area contributed by atoms with Crippen LogP contribution in [0.3, 0.4) is 0 Å². The van der Waals surface area contributed by atoms with E-state index in [1.165, 1.54) is 19.3 Å². The molecule has 1 heterocycles. The van der Waals surface area contributed by atoms with Crippen molar-refractivity contribution in [2.75, 3.05) is 6.54 Å². The lowest BCUT2D eigenvalue weighted by Gasteiger charge is -2.42. The quantitative estimate of drug-likeness (QED) is 0.869. The Bertz CT molecular complexity index is 311. The maximum Gasteiger partial charge on any atom is 0.225 e. The van der Waals surface area contributed by atoms with Crippen molar-refractivity contribution in [1.82, 2.24) is 4.90 Å². The van der Waals surface area contributed by atoms with Gasteiger partial charge in [-0.25, -0.2) is 0 Å². The monoisotopic (exact) mass is 302 g/mol. The van der Waals surface area contributed by atoms with Gasteiger partial charge in [-0.3, -0.25) is 4.79 Å². The number of nitrogens with two attached hydrogens (primary N) is 1. The number of carbonyl (C=O) groups is 1. The average Bonchev–Trinajstić information content (AvgIpc) is 2.40. The summed E-state index contributed by atoms with van der Waals surface area (Å²) in [7, 11) is 0. The molecule has 20 heavy (non-hydrogen) atoms. The van der Waals surface area contributed by atoms with Crippen molar-refractivity contribution in [3.8, 4) is 0 Å². The van der Waals surface area contributed by atoms with Crippen LogP contribution in [0.4, 0.5) is 0 Å². The van der Waals surface area contributed by atoms with Crippen LogP contribution in [0.2, 0.25) is 0 Å². The van der Waals surface area contributed by atoms with E-state index in [0.29, 0.717) is 17.9 Å². The first-order chi connectivity index (χ1) is 9.13. The largest absolute Gasteiger partial charge is 0.339 e. The van der Waals surface area contributed by atoms with Crippen LogP contribution < -0.4 is 5.73 Å². The summed E-state index contributed by atoms with van der Waals surface area (Å²) >= 11 is 0. The fraction of sp³-hybridized carbons (Fsp3) is 0.938. The summed E-state index contributed by atoms with van der Waals surface area (Å²) < 4.78 is 0. The molecule has 1 aliphatic heterocycles. The van der Waals surface area contributed by atoms with Gasteiger partial charge in [0.2, 0.25) is 5.91 Å². The molecule has 0 aromatic carbocycles. The molecule has 0 bridgehead atoms. The molecule has 2 aliphatic rings. The molecule has 0 aromatic rings. The van der Waals surface area contributed by atoms with Crippen molar-refractivity contribution < 1.29 is 4.79 Å². The molecule has 2 N–H and O–H groups in total. The molecule has 3 nitrogen and oxygen atoms in total. The third-order valence-corrected chi connectivity index (χ3v) is 5.05. The average molecular weight is 303 g/mol. The lowest BCUT2D eigenvalue weighted by Crippen LogP contribution is -2.51. The third-order valence-electron chi connectivity index (χ3n) is 5.05. The van der Waals surface area contributed by atoms with Gasteiger partial charge >= 0.3 is 0 Å². The molecule has 4 unspecified atom stereocenters. The summed E-state index contributed by atoms with van der Waals surface area (Å²) in [6.07, 6.45) is 8.95. The number of carbonyl (C=O) groups excluding carboxylic acids is 1. The summed E-state index contributed by atoms with van der Waals surface area (Å²) in [5, 5.41) is 0. The highest BCUT2D eigenvalue weighted by molar-refractivity contribution is 5.85. The zero-order chi connectivity index (χ0) is 13.8. The van der Waals surface area contributed by atoms with Crippen LogP contribution in [0.5, 0.6) is 0 Å². The van der Waals surface area contributed by atoms with E-state index in [0.717, 1.165) is 38.6 Å². The van der Waals surface area contributed by atoms with Gasteiger partial charge in [-0.15, -0.1) is 12.4 Å². The Balaban J connectivity index is 0.00000200. The standard InChI is InChI=1S/C16H30N2O.ClH/c1-3-6-15-12(2)7-5-10-18(15)16(19)13-8-4-9-14(17)11-13;/h12-15H,3-11,17H2,1-2H3;1H. The molecule has 4 heteroatoms. The highest BCUT2D eigenvalue weighted by Crippen LogP contribution is 2.31. The second kappa shape index (κ2) is 8.23. The van der Waals surface area contributed by atoms with Gasteiger partial charge in [0.1, 0.15) is 0 Å². The van der Waals surface area contributed by atoms with Crippen LogP contribution in [-0.2, 0) is 4.79 Å². The van der Waals surface area contributed by atoms with Gasteiger partial charge in [0.15, 0.2) is 0 Å². The lowest BCUT2D eigenvalue weighted by molar-refractivity contribution is -0.142. The molecular formula is C16H31ClN2O. The van der Waals surface area contributed by atoms with E-state index in [9.17, 15) is 4.79 Å². The smallest absolute Gasteiger partial charge is 0.225 e. The predicted molar refractivity (Wildman–Crippen MR) is 86.0 cm³/mol. The van der Waals surface area contributed by atoms with E-state index in [2.05, 4.69) is 18.7 Å². The van der Waals surface area contributed by atoms with Crippen LogP contribution in [-0.4, -0.2) is 29.4 Å². The van der Waals surface area contributed by atoms with Crippen LogP contribution in [0, 0.1) is 11.8 Å². The third kappa shape index (κ3) is 4.11. The maximum absolute atomic E-state index is 12.8. The van der Waals surface area contributed by atoms with E-state index >= 15 is 0 Å². The van der Waals surface area contributed by atoms with Crippen LogP contribution >= 0.6 is 12.4 Å². The minimum Gasteiger partial charge on any atom is -0.339 e. The Hall–Kier alpha value is -0.280. The second-order valence-corrected chi connectivity index (χ2v) is 6.63. The van der Waals surface area contributed by atoms with Crippen LogP contribution in [0.15, 0.2) is 0 Å². The molecule has 118 valence electrons. The molecule has 2 fully saturated rings. The van der Waals surface area contributed by atoms with Gasteiger partial charge in [-0.05, 0) is 44.4 Å². The van der Waals surface area contributed by atoms with Gasteiger partial charge in [0, 0.05) is 24.5 Å². The molecule has 1 saturated heterocycles. The SMILES string of the molecule is CCCC1C(C)CCCN1C(=O)C1CCCC(N)C1.Cl. The normalized spacial score (nSPS) is 34.5. The topological polar surface area (TPSA) is 46.3 Å².